The van der Waals surface area contributed by atoms with E-state index in [4.69, 9.17) is 0 Å². The summed E-state index contributed by atoms with van der Waals surface area (Å²) >= 11 is 0. The number of fused-ring (bicyclic) bond motifs is 1. The van der Waals surface area contributed by atoms with Crippen LogP contribution in [-0.2, 0) is 13.6 Å². The van der Waals surface area contributed by atoms with E-state index in [9.17, 15) is 0 Å². The zero-order valence-electron chi connectivity index (χ0n) is 11.9. The van der Waals surface area contributed by atoms with Crippen LogP contribution in [0.2, 0.25) is 0 Å². The number of rotatable bonds is 3. The van der Waals surface area contributed by atoms with Crippen LogP contribution in [0.1, 0.15) is 17.0 Å². The molecule has 3 rings (SSSR count). The lowest BCUT2D eigenvalue weighted by atomic mass is 10.2. The minimum Gasteiger partial charge on any atom is -0.379 e. The number of aryl methyl sites for hydroxylation is 3. The fourth-order valence-corrected chi connectivity index (χ4v) is 2.32. The maximum absolute atomic E-state index is 4.48. The van der Waals surface area contributed by atoms with Gasteiger partial charge in [0.05, 0.1) is 17.1 Å². The van der Waals surface area contributed by atoms with Gasteiger partial charge in [-0.2, -0.15) is 5.10 Å². The number of hydrogen-bond donors (Lipinski definition) is 1. The Hall–Kier alpha value is -2.43. The van der Waals surface area contributed by atoms with E-state index in [1.54, 1.807) is 6.20 Å². The summed E-state index contributed by atoms with van der Waals surface area (Å²) in [5.74, 6) is 0. The van der Waals surface area contributed by atoms with Crippen molar-refractivity contribution in [3.63, 3.8) is 0 Å². The zero-order chi connectivity index (χ0) is 14.1. The van der Waals surface area contributed by atoms with Crippen LogP contribution in [0, 0.1) is 13.8 Å². The summed E-state index contributed by atoms with van der Waals surface area (Å²) in [6, 6.07) is 6.11. The third kappa shape index (κ3) is 2.22. The molecule has 3 heterocycles. The van der Waals surface area contributed by atoms with Gasteiger partial charge in [-0.05, 0) is 37.6 Å². The van der Waals surface area contributed by atoms with E-state index in [2.05, 4.69) is 26.4 Å². The molecular weight excluding hydrogens is 250 g/mol. The first kappa shape index (κ1) is 12.6. The number of anilines is 1. The van der Waals surface area contributed by atoms with Gasteiger partial charge in [0.1, 0.15) is 0 Å². The molecule has 0 aliphatic rings. The highest BCUT2D eigenvalue weighted by molar-refractivity contribution is 5.78. The van der Waals surface area contributed by atoms with Crippen molar-refractivity contribution < 1.29 is 0 Å². The van der Waals surface area contributed by atoms with Gasteiger partial charge in [-0.1, -0.05) is 0 Å². The number of nitrogens with zero attached hydrogens (tertiary/aromatic N) is 4. The number of nitrogens with one attached hydrogen (secondary N) is 1. The summed E-state index contributed by atoms with van der Waals surface area (Å²) < 4.78 is 1.81. The van der Waals surface area contributed by atoms with Crippen molar-refractivity contribution in [2.45, 2.75) is 20.4 Å². The molecule has 102 valence electrons. The van der Waals surface area contributed by atoms with Gasteiger partial charge in [0.25, 0.3) is 0 Å². The Balaban J connectivity index is 1.85. The second-order valence-electron chi connectivity index (χ2n) is 4.91. The maximum Gasteiger partial charge on any atom is 0.157 e. The normalized spacial score (nSPS) is 10.9. The molecule has 0 atom stereocenters. The molecule has 3 aromatic rings. The van der Waals surface area contributed by atoms with E-state index in [-0.39, 0.29) is 0 Å². The zero-order valence-corrected chi connectivity index (χ0v) is 11.9. The number of aromatic nitrogens is 4. The first-order chi connectivity index (χ1) is 9.65. The molecule has 3 aromatic heterocycles. The Labute approximate surface area is 117 Å². The van der Waals surface area contributed by atoms with E-state index < -0.39 is 0 Å². The monoisotopic (exact) mass is 267 g/mol. The summed E-state index contributed by atoms with van der Waals surface area (Å²) in [5.41, 5.74) is 5.12. The van der Waals surface area contributed by atoms with Gasteiger partial charge in [-0.25, -0.2) is 4.98 Å². The molecule has 0 spiro atoms. The molecule has 0 radical (unpaired) electrons. The van der Waals surface area contributed by atoms with Gasteiger partial charge in [0.15, 0.2) is 5.65 Å². The van der Waals surface area contributed by atoms with Crippen LogP contribution in [0.25, 0.3) is 11.0 Å². The predicted molar refractivity (Wildman–Crippen MR) is 79.5 cm³/mol. The van der Waals surface area contributed by atoms with Crippen molar-refractivity contribution >= 4 is 16.7 Å². The van der Waals surface area contributed by atoms with Crippen molar-refractivity contribution in [1.29, 1.82) is 0 Å². The maximum atomic E-state index is 4.48. The standard InChI is InChI=1S/C15H17N5/c1-10-13-7-12(9-18-15(13)20(3)19-10)8-17-14-5-4-6-16-11(14)2/h4-7,9,17H,8H2,1-3H3. The molecule has 0 bridgehead atoms. The van der Waals surface area contributed by atoms with Crippen LogP contribution in [0.5, 0.6) is 0 Å². The lowest BCUT2D eigenvalue weighted by Gasteiger charge is -2.08. The second kappa shape index (κ2) is 4.92. The van der Waals surface area contributed by atoms with Crippen molar-refractivity contribution in [2.24, 2.45) is 7.05 Å². The summed E-state index contributed by atoms with van der Waals surface area (Å²) in [6.07, 6.45) is 3.69. The minimum atomic E-state index is 0.726. The summed E-state index contributed by atoms with van der Waals surface area (Å²) in [7, 11) is 1.92. The van der Waals surface area contributed by atoms with E-state index >= 15 is 0 Å². The molecule has 0 amide bonds. The molecule has 0 aromatic carbocycles. The van der Waals surface area contributed by atoms with Crippen molar-refractivity contribution in [3.8, 4) is 0 Å². The topological polar surface area (TPSA) is 55.6 Å². The highest BCUT2D eigenvalue weighted by Crippen LogP contribution is 2.18. The Morgan fingerprint density at radius 3 is 2.85 bits per heavy atom. The average Bonchev–Trinajstić information content (AvgIpc) is 2.73. The molecule has 0 fully saturated rings. The largest absolute Gasteiger partial charge is 0.379 e. The smallest absolute Gasteiger partial charge is 0.157 e. The minimum absolute atomic E-state index is 0.726. The van der Waals surface area contributed by atoms with Gasteiger partial charge >= 0.3 is 0 Å². The third-order valence-corrected chi connectivity index (χ3v) is 3.41. The van der Waals surface area contributed by atoms with E-state index in [1.165, 1.54) is 0 Å². The lowest BCUT2D eigenvalue weighted by molar-refractivity contribution is 0.773. The van der Waals surface area contributed by atoms with Gasteiger partial charge in [-0.3, -0.25) is 9.67 Å². The van der Waals surface area contributed by atoms with Gasteiger partial charge in [-0.15, -0.1) is 0 Å². The van der Waals surface area contributed by atoms with Crippen LogP contribution >= 0.6 is 0 Å². The Morgan fingerprint density at radius 1 is 1.20 bits per heavy atom. The predicted octanol–water partition coefficient (Wildman–Crippen LogP) is 2.59. The molecule has 0 unspecified atom stereocenters. The van der Waals surface area contributed by atoms with Crippen molar-refractivity contribution in [2.75, 3.05) is 5.32 Å². The first-order valence-electron chi connectivity index (χ1n) is 6.59. The first-order valence-corrected chi connectivity index (χ1v) is 6.59. The fourth-order valence-electron chi connectivity index (χ4n) is 2.32. The quantitative estimate of drug-likeness (QED) is 0.792. The van der Waals surface area contributed by atoms with Gasteiger partial charge in [0, 0.05) is 31.4 Å². The Morgan fingerprint density at radius 2 is 2.05 bits per heavy atom. The van der Waals surface area contributed by atoms with Gasteiger partial charge < -0.3 is 5.32 Å². The molecule has 0 aliphatic heterocycles. The van der Waals surface area contributed by atoms with Crippen LogP contribution < -0.4 is 5.32 Å². The molecule has 0 saturated heterocycles. The van der Waals surface area contributed by atoms with Crippen LogP contribution in [0.4, 0.5) is 5.69 Å². The Kier molecular flexibility index (Phi) is 3.10. The van der Waals surface area contributed by atoms with Gasteiger partial charge in [0.2, 0.25) is 0 Å². The van der Waals surface area contributed by atoms with E-state index in [1.807, 2.05) is 43.9 Å². The molecule has 0 saturated carbocycles. The highest BCUT2D eigenvalue weighted by Gasteiger charge is 2.07. The molecule has 5 heteroatoms. The lowest BCUT2D eigenvalue weighted by Crippen LogP contribution is -2.02. The van der Waals surface area contributed by atoms with Crippen LogP contribution in [-0.4, -0.2) is 19.7 Å². The van der Waals surface area contributed by atoms with E-state index in [0.717, 1.165) is 40.2 Å². The summed E-state index contributed by atoms with van der Waals surface area (Å²) in [5, 5.41) is 8.88. The van der Waals surface area contributed by atoms with Crippen LogP contribution in [0.15, 0.2) is 30.6 Å². The SMILES string of the molecule is Cc1ncccc1NCc1cnc2c(c1)c(C)nn2C. The van der Waals surface area contributed by atoms with E-state index in [0.29, 0.717) is 0 Å². The average molecular weight is 267 g/mol. The highest BCUT2D eigenvalue weighted by atomic mass is 15.3. The fraction of sp³-hybridized carbons (Fsp3) is 0.267. The molecular formula is C15H17N5. The number of hydrogen-bond acceptors (Lipinski definition) is 4. The third-order valence-electron chi connectivity index (χ3n) is 3.41. The molecule has 20 heavy (non-hydrogen) atoms. The summed E-state index contributed by atoms with van der Waals surface area (Å²) in [6.45, 7) is 4.73. The van der Waals surface area contributed by atoms with Crippen molar-refractivity contribution in [1.82, 2.24) is 19.7 Å². The molecule has 1 N–H and O–H groups in total. The van der Waals surface area contributed by atoms with Crippen molar-refractivity contribution in [3.05, 3.63) is 47.5 Å². The number of pyridine rings is 2. The Bertz CT molecular complexity index is 760. The summed E-state index contributed by atoms with van der Waals surface area (Å²) in [4.78, 5) is 8.75. The van der Waals surface area contributed by atoms with Crippen LogP contribution in [0.3, 0.4) is 0 Å². The second-order valence-corrected chi connectivity index (χ2v) is 4.91. The molecule has 5 nitrogen and oxygen atoms in total. The molecule has 0 aliphatic carbocycles.